The number of nitrogens with two attached hydrogens (primary N) is 1. The van der Waals surface area contributed by atoms with Crippen molar-refractivity contribution >= 4 is 17.7 Å². The van der Waals surface area contributed by atoms with E-state index in [9.17, 15) is 14.4 Å². The van der Waals surface area contributed by atoms with Gasteiger partial charge in [0, 0.05) is 37.2 Å². The Morgan fingerprint density at radius 3 is 2.59 bits per heavy atom. The monoisotopic (exact) mass is 398 g/mol. The van der Waals surface area contributed by atoms with E-state index in [4.69, 9.17) is 5.73 Å². The van der Waals surface area contributed by atoms with Gasteiger partial charge in [-0.1, -0.05) is 19.1 Å². The highest BCUT2D eigenvalue weighted by molar-refractivity contribution is 6.05. The minimum absolute atomic E-state index is 0.116. The van der Waals surface area contributed by atoms with Gasteiger partial charge in [-0.25, -0.2) is 0 Å². The Bertz CT molecular complexity index is 816. The van der Waals surface area contributed by atoms with Gasteiger partial charge in [-0.05, 0) is 55.8 Å². The van der Waals surface area contributed by atoms with E-state index in [-0.39, 0.29) is 24.1 Å². The average molecular weight is 399 g/mol. The minimum Gasteiger partial charge on any atom is -0.328 e. The number of rotatable bonds is 5. The maximum Gasteiger partial charge on any atom is 0.255 e. The maximum atomic E-state index is 12.8. The van der Waals surface area contributed by atoms with Crippen molar-refractivity contribution < 1.29 is 14.4 Å². The molecule has 2 aliphatic heterocycles. The van der Waals surface area contributed by atoms with Crippen molar-refractivity contribution in [3.8, 4) is 0 Å². The van der Waals surface area contributed by atoms with Crippen LogP contribution in [0.3, 0.4) is 0 Å². The standard InChI is InChI=1S/C22H30N4O3/c1-2-25(17-6-4-16(23)5-7-17)12-14-3-8-18-15(11-14)13-26(22(18)29)19-9-10-20(27)24-21(19)28/h3,8,11,16-17,19H,2,4-7,9-10,12-13,23H2,1H3,(H,24,27,28). The number of imide groups is 1. The van der Waals surface area contributed by atoms with Crippen molar-refractivity contribution in [2.75, 3.05) is 6.54 Å². The molecule has 2 fully saturated rings. The van der Waals surface area contributed by atoms with Crippen molar-refractivity contribution in [3.05, 3.63) is 34.9 Å². The molecule has 3 aliphatic rings. The van der Waals surface area contributed by atoms with E-state index in [1.807, 2.05) is 12.1 Å². The van der Waals surface area contributed by atoms with Gasteiger partial charge in [0.05, 0.1) is 0 Å². The summed E-state index contributed by atoms with van der Waals surface area (Å²) >= 11 is 0. The van der Waals surface area contributed by atoms with Crippen molar-refractivity contribution in [2.45, 2.75) is 76.7 Å². The molecule has 1 saturated heterocycles. The van der Waals surface area contributed by atoms with Crippen LogP contribution >= 0.6 is 0 Å². The first-order chi connectivity index (χ1) is 14.0. The number of benzene rings is 1. The fraction of sp³-hybridized carbons (Fsp3) is 0.591. The van der Waals surface area contributed by atoms with E-state index in [1.54, 1.807) is 4.90 Å². The molecule has 0 bridgehead atoms. The highest BCUT2D eigenvalue weighted by Gasteiger charge is 2.39. The molecule has 1 aliphatic carbocycles. The third-order valence-corrected chi connectivity index (χ3v) is 6.64. The minimum atomic E-state index is -0.561. The zero-order valence-electron chi connectivity index (χ0n) is 17.0. The molecule has 7 nitrogen and oxygen atoms in total. The lowest BCUT2D eigenvalue weighted by atomic mass is 9.90. The van der Waals surface area contributed by atoms with Crippen LogP contribution in [0.4, 0.5) is 0 Å². The average Bonchev–Trinajstić information content (AvgIpc) is 3.02. The van der Waals surface area contributed by atoms with Crippen LogP contribution < -0.4 is 11.1 Å². The molecule has 3 amide bonds. The summed E-state index contributed by atoms with van der Waals surface area (Å²) in [7, 11) is 0. The van der Waals surface area contributed by atoms with Gasteiger partial charge < -0.3 is 10.6 Å². The Kier molecular flexibility index (Phi) is 5.69. The summed E-state index contributed by atoms with van der Waals surface area (Å²) in [5, 5.41) is 2.35. The smallest absolute Gasteiger partial charge is 0.255 e. The van der Waals surface area contributed by atoms with Crippen molar-refractivity contribution in [3.63, 3.8) is 0 Å². The predicted molar refractivity (Wildman–Crippen MR) is 109 cm³/mol. The fourth-order valence-electron chi connectivity index (χ4n) is 4.93. The summed E-state index contributed by atoms with van der Waals surface area (Å²) in [6.07, 6.45) is 5.12. The normalized spacial score (nSPS) is 27.3. The largest absolute Gasteiger partial charge is 0.328 e. The SMILES string of the molecule is CCN(Cc1ccc2c(c1)CN(C1CCC(=O)NC1=O)C2=O)C1CCC(N)CC1. The van der Waals surface area contributed by atoms with Crippen LogP contribution in [0, 0.1) is 0 Å². The molecule has 1 aromatic carbocycles. The van der Waals surface area contributed by atoms with Crippen LogP contribution in [-0.2, 0) is 22.7 Å². The first-order valence-electron chi connectivity index (χ1n) is 10.7. The number of hydrogen-bond donors (Lipinski definition) is 2. The molecule has 7 heteroatoms. The first kappa shape index (κ1) is 20.0. The molecular formula is C22H30N4O3. The Labute approximate surface area is 171 Å². The van der Waals surface area contributed by atoms with E-state index < -0.39 is 6.04 Å². The molecule has 4 rings (SSSR count). The lowest BCUT2D eigenvalue weighted by Gasteiger charge is -2.35. The number of nitrogens with zero attached hydrogens (tertiary/aromatic N) is 2. The van der Waals surface area contributed by atoms with Crippen LogP contribution in [0.1, 0.15) is 66.9 Å². The number of carbonyl (C=O) groups excluding carboxylic acids is 3. The Morgan fingerprint density at radius 2 is 1.90 bits per heavy atom. The molecule has 1 atom stereocenters. The van der Waals surface area contributed by atoms with Gasteiger partial charge in [-0.15, -0.1) is 0 Å². The van der Waals surface area contributed by atoms with Crippen molar-refractivity contribution in [1.82, 2.24) is 15.1 Å². The van der Waals surface area contributed by atoms with Crippen LogP contribution in [0.25, 0.3) is 0 Å². The molecule has 0 spiro atoms. The van der Waals surface area contributed by atoms with Crippen molar-refractivity contribution in [2.24, 2.45) is 5.73 Å². The van der Waals surface area contributed by atoms with E-state index in [0.717, 1.165) is 44.3 Å². The lowest BCUT2D eigenvalue weighted by Crippen LogP contribution is -2.52. The zero-order valence-corrected chi connectivity index (χ0v) is 17.0. The van der Waals surface area contributed by atoms with Gasteiger partial charge in [0.1, 0.15) is 6.04 Å². The highest BCUT2D eigenvalue weighted by atomic mass is 16.2. The number of fused-ring (bicyclic) bond motifs is 1. The Balaban J connectivity index is 1.45. The predicted octanol–water partition coefficient (Wildman–Crippen LogP) is 1.54. The molecular weight excluding hydrogens is 368 g/mol. The number of nitrogens with one attached hydrogen (secondary N) is 1. The van der Waals surface area contributed by atoms with Gasteiger partial charge in [-0.3, -0.25) is 24.6 Å². The second-order valence-corrected chi connectivity index (χ2v) is 8.52. The van der Waals surface area contributed by atoms with E-state index in [2.05, 4.69) is 23.2 Å². The number of amides is 3. The van der Waals surface area contributed by atoms with Gasteiger partial charge in [0.15, 0.2) is 0 Å². The molecule has 1 unspecified atom stereocenters. The topological polar surface area (TPSA) is 95.7 Å². The molecule has 2 heterocycles. The van der Waals surface area contributed by atoms with Gasteiger partial charge in [-0.2, -0.15) is 0 Å². The zero-order chi connectivity index (χ0) is 20.5. The van der Waals surface area contributed by atoms with Crippen LogP contribution in [-0.4, -0.2) is 52.2 Å². The van der Waals surface area contributed by atoms with Crippen LogP contribution in [0.5, 0.6) is 0 Å². The summed E-state index contributed by atoms with van der Waals surface area (Å²) < 4.78 is 0. The molecule has 3 N–H and O–H groups in total. The van der Waals surface area contributed by atoms with Gasteiger partial charge in [0.2, 0.25) is 11.8 Å². The first-order valence-corrected chi connectivity index (χ1v) is 10.7. The molecule has 1 saturated carbocycles. The molecule has 156 valence electrons. The molecule has 29 heavy (non-hydrogen) atoms. The number of piperidine rings is 1. The summed E-state index contributed by atoms with van der Waals surface area (Å²) in [5.41, 5.74) is 8.89. The summed E-state index contributed by atoms with van der Waals surface area (Å²) in [4.78, 5) is 40.5. The fourth-order valence-corrected chi connectivity index (χ4v) is 4.93. The second kappa shape index (κ2) is 8.24. The molecule has 0 aromatic heterocycles. The Hall–Kier alpha value is -2.25. The summed E-state index contributed by atoms with van der Waals surface area (Å²) in [5.74, 6) is -0.744. The van der Waals surface area contributed by atoms with E-state index >= 15 is 0 Å². The number of hydrogen-bond acceptors (Lipinski definition) is 5. The van der Waals surface area contributed by atoms with E-state index in [0.29, 0.717) is 30.6 Å². The molecule has 0 radical (unpaired) electrons. The van der Waals surface area contributed by atoms with Crippen LogP contribution in [0.2, 0.25) is 0 Å². The van der Waals surface area contributed by atoms with E-state index in [1.165, 1.54) is 5.56 Å². The second-order valence-electron chi connectivity index (χ2n) is 8.52. The number of carbonyl (C=O) groups is 3. The highest BCUT2D eigenvalue weighted by Crippen LogP contribution is 2.29. The van der Waals surface area contributed by atoms with Crippen LogP contribution in [0.15, 0.2) is 18.2 Å². The third-order valence-electron chi connectivity index (χ3n) is 6.64. The van der Waals surface area contributed by atoms with Gasteiger partial charge >= 0.3 is 0 Å². The third kappa shape index (κ3) is 4.07. The Morgan fingerprint density at radius 1 is 1.14 bits per heavy atom. The van der Waals surface area contributed by atoms with Crippen molar-refractivity contribution in [1.29, 1.82) is 0 Å². The summed E-state index contributed by atoms with van der Waals surface area (Å²) in [6.45, 7) is 4.46. The lowest BCUT2D eigenvalue weighted by molar-refractivity contribution is -0.136. The quantitative estimate of drug-likeness (QED) is 0.734. The summed E-state index contributed by atoms with van der Waals surface area (Å²) in [6, 6.07) is 6.38. The molecule has 1 aromatic rings. The van der Waals surface area contributed by atoms with Gasteiger partial charge in [0.25, 0.3) is 5.91 Å². The maximum absolute atomic E-state index is 12.8.